The van der Waals surface area contributed by atoms with Crippen molar-refractivity contribution in [3.8, 4) is 0 Å². The minimum absolute atomic E-state index is 0.0110. The summed E-state index contributed by atoms with van der Waals surface area (Å²) < 4.78 is 30.3. The second-order valence-corrected chi connectivity index (χ2v) is 3.73. The lowest BCUT2D eigenvalue weighted by Gasteiger charge is -2.03. The minimum atomic E-state index is -2.93. The summed E-state index contributed by atoms with van der Waals surface area (Å²) in [5.41, 5.74) is 0.614. The van der Waals surface area contributed by atoms with Gasteiger partial charge in [-0.15, -0.1) is 0 Å². The summed E-state index contributed by atoms with van der Waals surface area (Å²) in [7, 11) is 0. The van der Waals surface area contributed by atoms with Crippen molar-refractivity contribution in [1.82, 2.24) is 4.57 Å². The molecule has 1 fully saturated rings. The predicted molar refractivity (Wildman–Crippen MR) is 56.1 cm³/mol. The van der Waals surface area contributed by atoms with Crippen molar-refractivity contribution in [1.29, 1.82) is 0 Å². The number of hydrogen-bond donors (Lipinski definition) is 0. The summed E-state index contributed by atoms with van der Waals surface area (Å²) in [5, 5.41) is 0. The lowest BCUT2D eigenvalue weighted by atomic mass is 10.1. The largest absolute Gasteiger partial charge is 0.424 e. The van der Waals surface area contributed by atoms with Gasteiger partial charge in [-0.05, 0) is 30.4 Å². The van der Waals surface area contributed by atoms with E-state index in [9.17, 15) is 13.6 Å². The first-order valence-electron chi connectivity index (χ1n) is 4.91. The standard InChI is InChI=1S/C11H11F2NO2/c1-3-8-9(6(2)7-4-5-7)16-11(15)14(8)10(12)13/h3,7,10H,1-2,4-5H2. The molecule has 16 heavy (non-hydrogen) atoms. The van der Waals surface area contributed by atoms with Crippen molar-refractivity contribution < 1.29 is 13.2 Å². The van der Waals surface area contributed by atoms with Crippen molar-refractivity contribution in [3.05, 3.63) is 35.2 Å². The third kappa shape index (κ3) is 1.62. The molecule has 0 amide bonds. The van der Waals surface area contributed by atoms with Crippen LogP contribution in [0.15, 0.2) is 22.4 Å². The molecule has 0 N–H and O–H groups in total. The van der Waals surface area contributed by atoms with Gasteiger partial charge in [0.15, 0.2) is 5.76 Å². The van der Waals surface area contributed by atoms with Gasteiger partial charge in [0.25, 0.3) is 0 Å². The fourth-order valence-corrected chi connectivity index (χ4v) is 1.62. The summed E-state index contributed by atoms with van der Waals surface area (Å²) in [6.45, 7) is 4.26. The number of halogens is 2. The highest BCUT2D eigenvalue weighted by molar-refractivity contribution is 5.69. The first-order chi connectivity index (χ1) is 7.56. The molecular formula is C11H11F2NO2. The van der Waals surface area contributed by atoms with Crippen LogP contribution in [-0.4, -0.2) is 4.57 Å². The zero-order valence-electron chi connectivity index (χ0n) is 8.58. The highest BCUT2D eigenvalue weighted by Crippen LogP contribution is 2.41. The minimum Gasteiger partial charge on any atom is -0.407 e. The van der Waals surface area contributed by atoms with Crippen molar-refractivity contribution in [2.45, 2.75) is 19.4 Å². The molecule has 0 saturated heterocycles. The monoisotopic (exact) mass is 227 g/mol. The average Bonchev–Trinajstić information content (AvgIpc) is 3.00. The quantitative estimate of drug-likeness (QED) is 0.792. The fourth-order valence-electron chi connectivity index (χ4n) is 1.62. The Labute approximate surface area is 90.7 Å². The molecule has 1 saturated carbocycles. The molecule has 3 nitrogen and oxygen atoms in total. The van der Waals surface area contributed by atoms with Crippen LogP contribution < -0.4 is 5.76 Å². The summed E-state index contributed by atoms with van der Waals surface area (Å²) in [6.07, 6.45) is 3.11. The zero-order valence-corrected chi connectivity index (χ0v) is 8.58. The van der Waals surface area contributed by atoms with Gasteiger partial charge >= 0.3 is 12.3 Å². The summed E-state index contributed by atoms with van der Waals surface area (Å²) in [6, 6.07) is 0. The molecule has 1 aliphatic rings. The maximum Gasteiger partial charge on any atom is 0.424 e. The van der Waals surface area contributed by atoms with Gasteiger partial charge in [-0.25, -0.2) is 9.36 Å². The van der Waals surface area contributed by atoms with Gasteiger partial charge in [0.1, 0.15) is 0 Å². The van der Waals surface area contributed by atoms with Gasteiger partial charge in [0.05, 0.1) is 5.69 Å². The van der Waals surface area contributed by atoms with Gasteiger partial charge in [-0.2, -0.15) is 8.78 Å². The molecular weight excluding hydrogens is 216 g/mol. The lowest BCUT2D eigenvalue weighted by molar-refractivity contribution is 0.0623. The van der Waals surface area contributed by atoms with Crippen LogP contribution in [0.4, 0.5) is 8.78 Å². The number of alkyl halides is 2. The molecule has 0 aromatic carbocycles. The Morgan fingerprint density at radius 1 is 1.56 bits per heavy atom. The lowest BCUT2D eigenvalue weighted by Crippen LogP contribution is -2.16. The Balaban J connectivity index is 2.53. The highest BCUT2D eigenvalue weighted by Gasteiger charge is 2.31. The van der Waals surface area contributed by atoms with Crippen LogP contribution in [0.5, 0.6) is 0 Å². The van der Waals surface area contributed by atoms with Crippen LogP contribution in [0.1, 0.15) is 30.8 Å². The first kappa shape index (κ1) is 10.9. The molecule has 1 aromatic heterocycles. The van der Waals surface area contributed by atoms with E-state index in [1.807, 2.05) is 0 Å². The second kappa shape index (κ2) is 3.73. The third-order valence-electron chi connectivity index (χ3n) is 2.63. The van der Waals surface area contributed by atoms with E-state index >= 15 is 0 Å². The van der Waals surface area contributed by atoms with E-state index in [1.54, 1.807) is 0 Å². The molecule has 2 rings (SSSR count). The Hall–Kier alpha value is -1.65. The van der Waals surface area contributed by atoms with E-state index in [-0.39, 0.29) is 21.9 Å². The number of aromatic nitrogens is 1. The summed E-state index contributed by atoms with van der Waals surface area (Å²) in [4.78, 5) is 11.2. The first-order valence-corrected chi connectivity index (χ1v) is 4.91. The molecule has 0 atom stereocenters. The predicted octanol–water partition coefficient (Wildman–Crippen LogP) is 2.90. The molecule has 0 unspecified atom stereocenters. The maximum atomic E-state index is 12.6. The van der Waals surface area contributed by atoms with Crippen molar-refractivity contribution >= 4 is 11.6 Å². The second-order valence-electron chi connectivity index (χ2n) is 3.73. The van der Waals surface area contributed by atoms with Crippen molar-refractivity contribution in [2.75, 3.05) is 0 Å². The van der Waals surface area contributed by atoms with Gasteiger partial charge in [0.2, 0.25) is 0 Å². The van der Waals surface area contributed by atoms with Gasteiger partial charge < -0.3 is 4.42 Å². The highest BCUT2D eigenvalue weighted by atomic mass is 19.3. The Kier molecular flexibility index (Phi) is 2.53. The van der Waals surface area contributed by atoms with Crippen molar-refractivity contribution in [2.24, 2.45) is 5.92 Å². The molecule has 0 spiro atoms. The van der Waals surface area contributed by atoms with Crippen LogP contribution in [-0.2, 0) is 0 Å². The van der Waals surface area contributed by atoms with Gasteiger partial charge in [0, 0.05) is 0 Å². The molecule has 1 aliphatic carbocycles. The SMILES string of the molecule is C=Cc1c(C(=C)C2CC2)oc(=O)n1C(F)F. The van der Waals surface area contributed by atoms with E-state index in [1.165, 1.54) is 6.08 Å². The van der Waals surface area contributed by atoms with Gasteiger partial charge in [-0.3, -0.25) is 0 Å². The van der Waals surface area contributed by atoms with E-state index in [4.69, 9.17) is 4.42 Å². The molecule has 5 heteroatoms. The van der Waals surface area contributed by atoms with Crippen LogP contribution in [0, 0.1) is 5.92 Å². The van der Waals surface area contributed by atoms with E-state index < -0.39 is 12.3 Å². The number of rotatable bonds is 4. The fraction of sp³-hybridized carbons (Fsp3) is 0.364. The molecule has 86 valence electrons. The smallest absolute Gasteiger partial charge is 0.407 e. The van der Waals surface area contributed by atoms with Crippen molar-refractivity contribution in [3.63, 3.8) is 0 Å². The Bertz CT molecular complexity index is 495. The van der Waals surface area contributed by atoms with Crippen LogP contribution in [0.25, 0.3) is 11.6 Å². The van der Waals surface area contributed by atoms with Crippen LogP contribution in [0.2, 0.25) is 0 Å². The number of hydrogen-bond acceptors (Lipinski definition) is 2. The van der Waals surface area contributed by atoms with Crippen LogP contribution in [0.3, 0.4) is 0 Å². The Morgan fingerprint density at radius 3 is 2.62 bits per heavy atom. The summed E-state index contributed by atoms with van der Waals surface area (Å²) in [5.74, 6) is -0.681. The maximum absolute atomic E-state index is 12.6. The summed E-state index contributed by atoms with van der Waals surface area (Å²) >= 11 is 0. The van der Waals surface area contributed by atoms with Gasteiger partial charge in [-0.1, -0.05) is 13.2 Å². The molecule has 0 radical (unpaired) electrons. The molecule has 0 bridgehead atoms. The molecule has 1 heterocycles. The molecule has 1 aromatic rings. The van der Waals surface area contributed by atoms with E-state index in [0.717, 1.165) is 12.8 Å². The third-order valence-corrected chi connectivity index (χ3v) is 2.63. The zero-order chi connectivity index (χ0) is 11.9. The topological polar surface area (TPSA) is 35.1 Å². The number of allylic oxidation sites excluding steroid dienone is 1. The van der Waals surface area contributed by atoms with E-state index in [0.29, 0.717) is 5.57 Å². The number of oxazole rings is 1. The Morgan fingerprint density at radius 2 is 2.19 bits per heavy atom. The molecule has 0 aliphatic heterocycles. The average molecular weight is 227 g/mol. The van der Waals surface area contributed by atoms with E-state index in [2.05, 4.69) is 13.2 Å². The number of nitrogens with zero attached hydrogens (tertiary/aromatic N) is 1. The van der Waals surface area contributed by atoms with Crippen LogP contribution >= 0.6 is 0 Å². The normalized spacial score (nSPS) is 15.4.